The Morgan fingerprint density at radius 2 is 2.00 bits per heavy atom. The molecule has 92 valence electrons. The number of rotatable bonds is 2. The van der Waals surface area contributed by atoms with Crippen molar-refractivity contribution >= 4 is 0 Å². The van der Waals surface area contributed by atoms with Gasteiger partial charge in [0.1, 0.15) is 6.17 Å². The molecule has 16 heavy (non-hydrogen) atoms. The lowest BCUT2D eigenvalue weighted by molar-refractivity contribution is 0.0144. The van der Waals surface area contributed by atoms with Crippen LogP contribution >= 0.6 is 0 Å². The maximum atomic E-state index is 14.4. The van der Waals surface area contributed by atoms with Crippen molar-refractivity contribution in [3.05, 3.63) is 12.7 Å². The zero-order chi connectivity index (χ0) is 11.7. The van der Waals surface area contributed by atoms with Gasteiger partial charge in [-0.25, -0.2) is 4.39 Å². The van der Waals surface area contributed by atoms with Gasteiger partial charge in [0.2, 0.25) is 0 Å². The number of piperidine rings is 1. The molecule has 0 radical (unpaired) electrons. The maximum Gasteiger partial charge on any atom is 0.136 e. The number of hydrogen-bond acceptors (Lipinski definition) is 3. The summed E-state index contributed by atoms with van der Waals surface area (Å²) < 4.78 is 14.4. The molecule has 0 bridgehead atoms. The Hall–Kier alpha value is -0.450. The summed E-state index contributed by atoms with van der Waals surface area (Å²) in [5, 5.41) is 0. The molecule has 0 aromatic rings. The second-order valence-electron chi connectivity index (χ2n) is 5.01. The lowest BCUT2D eigenvalue weighted by atomic mass is 9.91. The third-order valence-corrected chi connectivity index (χ3v) is 3.90. The van der Waals surface area contributed by atoms with Gasteiger partial charge in [0.05, 0.1) is 12.1 Å². The molecular formula is C12H22FN3. The fourth-order valence-corrected chi connectivity index (χ4v) is 3.07. The number of nitrogens with two attached hydrogens (primary N) is 1. The van der Waals surface area contributed by atoms with E-state index in [4.69, 9.17) is 5.73 Å². The molecule has 2 rings (SSSR count). The molecule has 2 fully saturated rings. The minimum atomic E-state index is -0.913. The Morgan fingerprint density at radius 3 is 2.56 bits per heavy atom. The standard InChI is InChI=1S/C12H22FN3/c1-3-10-11(13)12(9(14)8-15(10)2)16-6-4-5-7-16/h3,9-12H,1,4-8,14H2,2H3. The first-order valence-corrected chi connectivity index (χ1v) is 6.11. The summed E-state index contributed by atoms with van der Waals surface area (Å²) in [7, 11) is 1.92. The monoisotopic (exact) mass is 227 g/mol. The number of halogens is 1. The predicted octanol–water partition coefficient (Wildman–Crippen LogP) is 0.616. The van der Waals surface area contributed by atoms with Crippen molar-refractivity contribution in [2.24, 2.45) is 5.73 Å². The van der Waals surface area contributed by atoms with Crippen LogP contribution in [0.2, 0.25) is 0 Å². The topological polar surface area (TPSA) is 32.5 Å². The lowest BCUT2D eigenvalue weighted by Gasteiger charge is -2.45. The van der Waals surface area contributed by atoms with Gasteiger partial charge >= 0.3 is 0 Å². The van der Waals surface area contributed by atoms with Crippen LogP contribution in [0.5, 0.6) is 0 Å². The summed E-state index contributed by atoms with van der Waals surface area (Å²) in [6.45, 7) is 6.46. The number of likely N-dealkylation sites (N-methyl/N-ethyl adjacent to an activating group) is 1. The molecule has 0 spiro atoms. The van der Waals surface area contributed by atoms with Gasteiger partial charge in [-0.05, 0) is 33.0 Å². The van der Waals surface area contributed by atoms with Crippen LogP contribution in [-0.4, -0.2) is 60.8 Å². The van der Waals surface area contributed by atoms with E-state index in [1.54, 1.807) is 6.08 Å². The van der Waals surface area contributed by atoms with Crippen LogP contribution in [-0.2, 0) is 0 Å². The highest BCUT2D eigenvalue weighted by molar-refractivity contribution is 5.06. The van der Waals surface area contributed by atoms with Gasteiger partial charge in [0, 0.05) is 12.6 Å². The number of nitrogens with zero attached hydrogens (tertiary/aromatic N) is 2. The smallest absolute Gasteiger partial charge is 0.136 e. The normalized spacial score (nSPS) is 42.4. The van der Waals surface area contributed by atoms with E-state index >= 15 is 0 Å². The quantitative estimate of drug-likeness (QED) is 0.702. The molecule has 2 aliphatic rings. The number of likely N-dealkylation sites (tertiary alicyclic amines) is 2. The Labute approximate surface area is 97.1 Å². The third-order valence-electron chi connectivity index (χ3n) is 3.90. The van der Waals surface area contributed by atoms with Gasteiger partial charge < -0.3 is 5.73 Å². The second-order valence-corrected chi connectivity index (χ2v) is 5.01. The minimum Gasteiger partial charge on any atom is -0.325 e. The highest BCUT2D eigenvalue weighted by Gasteiger charge is 2.43. The zero-order valence-electron chi connectivity index (χ0n) is 9.98. The Balaban J connectivity index is 2.12. The van der Waals surface area contributed by atoms with Crippen molar-refractivity contribution < 1.29 is 4.39 Å². The average molecular weight is 227 g/mol. The molecule has 0 amide bonds. The van der Waals surface area contributed by atoms with Crippen molar-refractivity contribution in [2.75, 3.05) is 26.7 Å². The average Bonchev–Trinajstić information content (AvgIpc) is 2.70. The third kappa shape index (κ3) is 2.01. The summed E-state index contributed by atoms with van der Waals surface area (Å²) >= 11 is 0. The van der Waals surface area contributed by atoms with Gasteiger partial charge in [-0.3, -0.25) is 9.80 Å². The van der Waals surface area contributed by atoms with Crippen LogP contribution in [0.25, 0.3) is 0 Å². The largest absolute Gasteiger partial charge is 0.325 e. The van der Waals surface area contributed by atoms with E-state index in [1.165, 1.54) is 12.8 Å². The maximum absolute atomic E-state index is 14.4. The Bertz CT molecular complexity index is 253. The molecule has 4 atom stereocenters. The summed E-state index contributed by atoms with van der Waals surface area (Å²) in [4.78, 5) is 4.19. The molecular weight excluding hydrogens is 205 g/mol. The van der Waals surface area contributed by atoms with Crippen molar-refractivity contribution in [1.29, 1.82) is 0 Å². The number of alkyl halides is 1. The molecule has 4 unspecified atom stereocenters. The van der Waals surface area contributed by atoms with Gasteiger partial charge in [-0.2, -0.15) is 0 Å². The van der Waals surface area contributed by atoms with E-state index < -0.39 is 6.17 Å². The first kappa shape index (κ1) is 12.0. The first-order valence-electron chi connectivity index (χ1n) is 6.11. The SMILES string of the molecule is C=CC1C(F)C(N2CCCC2)C(N)CN1C. The van der Waals surface area contributed by atoms with Crippen LogP contribution in [0.3, 0.4) is 0 Å². The second kappa shape index (κ2) is 4.82. The molecule has 0 saturated carbocycles. The van der Waals surface area contributed by atoms with Gasteiger partial charge in [-0.15, -0.1) is 6.58 Å². The van der Waals surface area contributed by atoms with Crippen molar-refractivity contribution in [2.45, 2.75) is 37.1 Å². The van der Waals surface area contributed by atoms with Crippen LogP contribution in [0, 0.1) is 0 Å². The fraction of sp³-hybridized carbons (Fsp3) is 0.833. The number of hydrogen-bond donors (Lipinski definition) is 1. The van der Waals surface area contributed by atoms with Crippen molar-refractivity contribution in [1.82, 2.24) is 9.80 Å². The van der Waals surface area contributed by atoms with Crippen LogP contribution in [0.15, 0.2) is 12.7 Å². The molecule has 4 heteroatoms. The Morgan fingerprint density at radius 1 is 1.38 bits per heavy atom. The molecule has 0 aromatic carbocycles. The molecule has 3 nitrogen and oxygen atoms in total. The lowest BCUT2D eigenvalue weighted by Crippen LogP contribution is -2.65. The van der Waals surface area contributed by atoms with Crippen molar-refractivity contribution in [3.63, 3.8) is 0 Å². The van der Waals surface area contributed by atoms with Gasteiger partial charge in [0.15, 0.2) is 0 Å². The summed E-state index contributed by atoms with van der Waals surface area (Å²) in [5.41, 5.74) is 6.10. The summed E-state index contributed by atoms with van der Waals surface area (Å²) in [6.07, 6.45) is 3.14. The van der Waals surface area contributed by atoms with Crippen LogP contribution < -0.4 is 5.73 Å². The molecule has 2 aliphatic heterocycles. The molecule has 2 N–H and O–H groups in total. The van der Waals surface area contributed by atoms with Crippen LogP contribution in [0.4, 0.5) is 4.39 Å². The summed E-state index contributed by atoms with van der Waals surface area (Å²) in [5.74, 6) is 0. The zero-order valence-corrected chi connectivity index (χ0v) is 9.98. The highest BCUT2D eigenvalue weighted by Crippen LogP contribution is 2.26. The van der Waals surface area contributed by atoms with Gasteiger partial charge in [-0.1, -0.05) is 6.08 Å². The van der Waals surface area contributed by atoms with Gasteiger partial charge in [0.25, 0.3) is 0 Å². The molecule has 2 heterocycles. The van der Waals surface area contributed by atoms with E-state index in [-0.39, 0.29) is 18.1 Å². The van der Waals surface area contributed by atoms with Crippen LogP contribution in [0.1, 0.15) is 12.8 Å². The van der Waals surface area contributed by atoms with E-state index in [0.29, 0.717) is 0 Å². The van der Waals surface area contributed by atoms with Crippen molar-refractivity contribution in [3.8, 4) is 0 Å². The molecule has 0 aliphatic carbocycles. The molecule has 0 aromatic heterocycles. The minimum absolute atomic E-state index is 0.0886. The highest BCUT2D eigenvalue weighted by atomic mass is 19.1. The summed E-state index contributed by atoms with van der Waals surface area (Å²) in [6, 6.07) is -0.401. The van der Waals surface area contributed by atoms with E-state index in [9.17, 15) is 4.39 Å². The van der Waals surface area contributed by atoms with E-state index in [0.717, 1.165) is 19.6 Å². The Kier molecular flexibility index (Phi) is 3.62. The van der Waals surface area contributed by atoms with E-state index in [1.807, 2.05) is 11.9 Å². The first-order chi connectivity index (χ1) is 7.65. The molecule has 2 saturated heterocycles. The van der Waals surface area contributed by atoms with E-state index in [2.05, 4.69) is 11.5 Å². The predicted molar refractivity (Wildman–Crippen MR) is 64.1 cm³/mol. The fourth-order valence-electron chi connectivity index (χ4n) is 3.07.